The lowest BCUT2D eigenvalue weighted by molar-refractivity contribution is 0.407. The summed E-state index contributed by atoms with van der Waals surface area (Å²) in [7, 11) is 3.63. The van der Waals surface area contributed by atoms with Gasteiger partial charge in [0.15, 0.2) is 0 Å². The molecule has 188 valence electrons. The second-order valence-electron chi connectivity index (χ2n) is 8.66. The maximum Gasteiger partial charge on any atom is 0.131 e. The minimum Gasteiger partial charge on any atom is -0.496 e. The Labute approximate surface area is 231 Å². The molecule has 5 rings (SSSR count). The molecule has 0 N–H and O–H groups in total. The molecule has 36 heavy (non-hydrogen) atoms. The Hall–Kier alpha value is -1.60. The molecule has 0 aliphatic carbocycles. The summed E-state index contributed by atoms with van der Waals surface area (Å²) in [5, 5.41) is 4.90. The van der Waals surface area contributed by atoms with Crippen molar-refractivity contribution in [3.63, 3.8) is 0 Å². The predicted octanol–water partition coefficient (Wildman–Crippen LogP) is 8.62. The molecule has 4 aromatic rings. The Kier molecular flexibility index (Phi) is 9.23. The summed E-state index contributed by atoms with van der Waals surface area (Å²) in [4.78, 5) is 0. The molecule has 1 aliphatic rings. The van der Waals surface area contributed by atoms with Gasteiger partial charge in [0.25, 0.3) is 0 Å². The number of benzene rings is 4. The van der Waals surface area contributed by atoms with Gasteiger partial charge < -0.3 is 9.47 Å². The fraction of sp³-hybridized carbons (Fsp3) is 0.333. The van der Waals surface area contributed by atoms with Crippen molar-refractivity contribution in [3.05, 3.63) is 71.8 Å². The Morgan fingerprint density at radius 2 is 0.917 bits per heavy atom. The number of ether oxygens (including phenoxy) is 2. The summed E-state index contributed by atoms with van der Waals surface area (Å²) in [6, 6.07) is 22.0. The van der Waals surface area contributed by atoms with Crippen molar-refractivity contribution in [2.75, 3.05) is 48.7 Å². The molecule has 0 unspecified atom stereocenters. The Balaban J connectivity index is 1.77. The van der Waals surface area contributed by atoms with Gasteiger partial charge >= 0.3 is 0 Å². The van der Waals surface area contributed by atoms with Crippen LogP contribution in [-0.4, -0.2) is 48.7 Å². The molecule has 0 saturated heterocycles. The summed E-state index contributed by atoms with van der Waals surface area (Å²) in [6.07, 6.45) is 0. The van der Waals surface area contributed by atoms with Gasteiger partial charge in [-0.05, 0) is 33.7 Å². The van der Waals surface area contributed by atoms with Crippen molar-refractivity contribution in [2.24, 2.45) is 0 Å². The third-order valence-corrected chi connectivity index (χ3v) is 11.2. The van der Waals surface area contributed by atoms with E-state index in [0.717, 1.165) is 45.6 Å². The van der Waals surface area contributed by atoms with E-state index < -0.39 is 0 Å². The highest BCUT2D eigenvalue weighted by Crippen LogP contribution is 2.49. The van der Waals surface area contributed by atoms with Crippen LogP contribution in [-0.2, 0) is 11.5 Å². The number of hydrogen-bond donors (Lipinski definition) is 0. The first-order chi connectivity index (χ1) is 17.8. The third-order valence-electron chi connectivity index (χ3n) is 6.45. The van der Waals surface area contributed by atoms with Crippen molar-refractivity contribution < 1.29 is 9.47 Å². The quantitative estimate of drug-likeness (QED) is 0.246. The average Bonchev–Trinajstić information content (AvgIpc) is 2.91. The lowest BCUT2D eigenvalue weighted by Gasteiger charge is -2.22. The van der Waals surface area contributed by atoms with Gasteiger partial charge in [0.2, 0.25) is 0 Å². The van der Waals surface area contributed by atoms with Crippen LogP contribution in [0.5, 0.6) is 11.5 Å². The van der Waals surface area contributed by atoms with Crippen LogP contribution in [0.4, 0.5) is 0 Å². The number of rotatable bonds is 2. The largest absolute Gasteiger partial charge is 0.496 e. The highest BCUT2D eigenvalue weighted by atomic mass is 32.2. The molecule has 0 amide bonds. The molecule has 1 heterocycles. The molecule has 0 radical (unpaired) electrons. The second kappa shape index (κ2) is 12.8. The van der Waals surface area contributed by atoms with Gasteiger partial charge in [0.05, 0.1) is 14.2 Å². The summed E-state index contributed by atoms with van der Waals surface area (Å²) < 4.78 is 12.5. The molecule has 0 saturated carbocycles. The summed E-state index contributed by atoms with van der Waals surface area (Å²) in [6.45, 7) is 0. The van der Waals surface area contributed by atoms with Gasteiger partial charge in [-0.3, -0.25) is 0 Å². The lowest BCUT2D eigenvalue weighted by Crippen LogP contribution is -2.01. The van der Waals surface area contributed by atoms with Crippen LogP contribution in [0.15, 0.2) is 60.7 Å². The maximum absolute atomic E-state index is 6.23. The summed E-state index contributed by atoms with van der Waals surface area (Å²) >= 11 is 8.16. The topological polar surface area (TPSA) is 18.5 Å². The molecule has 4 bridgehead atoms. The second-order valence-corrected chi connectivity index (χ2v) is 13.3. The van der Waals surface area contributed by atoms with E-state index in [2.05, 4.69) is 84.2 Å². The van der Waals surface area contributed by atoms with Crippen molar-refractivity contribution in [3.8, 4) is 22.6 Å². The van der Waals surface area contributed by atoms with Gasteiger partial charge in [0.1, 0.15) is 11.5 Å². The molecule has 6 heteroatoms. The number of hydrogen-bond acceptors (Lipinski definition) is 6. The minimum atomic E-state index is 0.937. The molecule has 4 aromatic carbocycles. The van der Waals surface area contributed by atoms with E-state index >= 15 is 0 Å². The number of methoxy groups -OCH3 is 2. The SMILES string of the molecule is COc1c2cc3ccccc3c1-c1c(OC)c(cc3ccccc13)CSCCSCCSCCSC2. The van der Waals surface area contributed by atoms with Crippen LogP contribution in [0.1, 0.15) is 11.1 Å². The normalized spacial score (nSPS) is 15.8. The first-order valence-corrected chi connectivity index (χ1v) is 16.9. The van der Waals surface area contributed by atoms with E-state index in [1.165, 1.54) is 55.7 Å². The van der Waals surface area contributed by atoms with E-state index in [0.29, 0.717) is 0 Å². The fourth-order valence-corrected chi connectivity index (χ4v) is 9.27. The van der Waals surface area contributed by atoms with Crippen LogP contribution in [0, 0.1) is 0 Å². The molecule has 2 nitrogen and oxygen atoms in total. The van der Waals surface area contributed by atoms with Gasteiger partial charge in [-0.15, -0.1) is 0 Å². The van der Waals surface area contributed by atoms with Crippen LogP contribution >= 0.6 is 47.0 Å². The monoisotopic (exact) mass is 552 g/mol. The van der Waals surface area contributed by atoms with E-state index in [1.807, 2.05) is 37.7 Å². The summed E-state index contributed by atoms with van der Waals surface area (Å²) in [5.74, 6) is 11.0. The first kappa shape index (κ1) is 26.0. The van der Waals surface area contributed by atoms with Gasteiger partial charge in [-0.1, -0.05) is 48.5 Å². The summed E-state index contributed by atoms with van der Waals surface area (Å²) in [5.41, 5.74) is 4.81. The zero-order valence-corrected chi connectivity index (χ0v) is 24.1. The highest BCUT2D eigenvalue weighted by molar-refractivity contribution is 8.05. The average molecular weight is 553 g/mol. The third kappa shape index (κ3) is 5.62. The standard InChI is InChI=1S/C30H32O2S4/c1-31-29-23-17-21-7-3-5-9-25(21)27(29)28-26-10-6-4-8-22(26)18-24(30(28)32-2)20-36-16-14-34-12-11-33-13-15-35-19-23/h3-10,17-18H,11-16,19-20H2,1-2H3. The van der Waals surface area contributed by atoms with E-state index in [-0.39, 0.29) is 0 Å². The lowest BCUT2D eigenvalue weighted by atomic mass is 9.89. The molecule has 0 atom stereocenters. The Bertz CT molecular complexity index is 1230. The number of fused-ring (bicyclic) bond motifs is 9. The van der Waals surface area contributed by atoms with Gasteiger partial charge in [-0.25, -0.2) is 0 Å². The fourth-order valence-electron chi connectivity index (χ4n) is 4.87. The predicted molar refractivity (Wildman–Crippen MR) is 167 cm³/mol. The number of thioether (sulfide) groups is 4. The first-order valence-electron chi connectivity index (χ1n) is 12.3. The Morgan fingerprint density at radius 3 is 1.33 bits per heavy atom. The molecular formula is C30H32O2S4. The minimum absolute atomic E-state index is 0.937. The van der Waals surface area contributed by atoms with Crippen molar-refractivity contribution in [1.82, 2.24) is 0 Å². The van der Waals surface area contributed by atoms with Crippen molar-refractivity contribution in [1.29, 1.82) is 0 Å². The van der Waals surface area contributed by atoms with Crippen LogP contribution < -0.4 is 9.47 Å². The zero-order chi connectivity index (χ0) is 24.7. The molecule has 0 aromatic heterocycles. The smallest absolute Gasteiger partial charge is 0.131 e. The van der Waals surface area contributed by atoms with E-state index in [9.17, 15) is 0 Å². The van der Waals surface area contributed by atoms with Gasteiger partial charge in [0, 0.05) is 68.3 Å². The highest BCUT2D eigenvalue weighted by Gasteiger charge is 2.23. The molecule has 0 spiro atoms. The molecule has 0 fully saturated rings. The van der Waals surface area contributed by atoms with E-state index in [1.54, 1.807) is 0 Å². The molecular weight excluding hydrogens is 521 g/mol. The molecule has 1 aliphatic heterocycles. The van der Waals surface area contributed by atoms with E-state index in [4.69, 9.17) is 9.47 Å². The van der Waals surface area contributed by atoms with Gasteiger partial charge in [-0.2, -0.15) is 47.0 Å². The van der Waals surface area contributed by atoms with Crippen LogP contribution in [0.25, 0.3) is 32.7 Å². The zero-order valence-electron chi connectivity index (χ0n) is 20.9. The van der Waals surface area contributed by atoms with Crippen molar-refractivity contribution in [2.45, 2.75) is 11.5 Å². The Morgan fingerprint density at radius 1 is 0.528 bits per heavy atom. The van der Waals surface area contributed by atoms with Crippen LogP contribution in [0.3, 0.4) is 0 Å². The van der Waals surface area contributed by atoms with Crippen molar-refractivity contribution >= 4 is 68.6 Å². The van der Waals surface area contributed by atoms with Crippen LogP contribution in [0.2, 0.25) is 0 Å². The maximum atomic E-state index is 6.23.